The van der Waals surface area contributed by atoms with E-state index in [1.165, 1.54) is 59.2 Å². The summed E-state index contributed by atoms with van der Waals surface area (Å²) in [6.45, 7) is 10.2. The molecule has 25 heavy (non-hydrogen) atoms. The van der Waals surface area contributed by atoms with Gasteiger partial charge in [-0.2, -0.15) is 0 Å². The molecule has 0 spiro atoms. The number of fused-ring (bicyclic) bond motifs is 1. The van der Waals surface area contributed by atoms with Crippen LogP contribution in [-0.2, 0) is 6.54 Å². The highest BCUT2D eigenvalue weighted by Gasteiger charge is 2.23. The topological polar surface area (TPSA) is 19.0 Å². The molecule has 2 heteroatoms. The lowest BCUT2D eigenvalue weighted by atomic mass is 9.84. The molecular weight excluding hydrogens is 304 g/mol. The van der Waals surface area contributed by atoms with Crippen molar-refractivity contribution < 1.29 is 0 Å². The van der Waals surface area contributed by atoms with E-state index in [0.29, 0.717) is 0 Å². The van der Waals surface area contributed by atoms with Gasteiger partial charge in [0.25, 0.3) is 0 Å². The Morgan fingerprint density at radius 3 is 2.28 bits per heavy atom. The summed E-state index contributed by atoms with van der Waals surface area (Å²) in [7, 11) is 0. The minimum absolute atomic E-state index is 0.723. The number of nitrogens with one attached hydrogen (secondary N) is 1. The van der Waals surface area contributed by atoms with Gasteiger partial charge < -0.3 is 4.98 Å². The Bertz CT molecular complexity index is 862. The third-order valence-corrected chi connectivity index (χ3v) is 5.99. The van der Waals surface area contributed by atoms with E-state index in [-0.39, 0.29) is 0 Å². The van der Waals surface area contributed by atoms with Crippen LogP contribution in [0.5, 0.6) is 0 Å². The first kappa shape index (κ1) is 16.4. The molecular formula is C23H28N2. The molecule has 0 radical (unpaired) electrons. The average molecular weight is 332 g/mol. The van der Waals surface area contributed by atoms with Crippen LogP contribution in [0.15, 0.2) is 42.5 Å². The second kappa shape index (κ2) is 6.68. The zero-order chi connectivity index (χ0) is 17.4. The van der Waals surface area contributed by atoms with Crippen LogP contribution >= 0.6 is 0 Å². The minimum Gasteiger partial charge on any atom is -0.357 e. The number of rotatable bonds is 3. The first-order valence-corrected chi connectivity index (χ1v) is 9.48. The number of hydrogen-bond acceptors (Lipinski definition) is 1. The van der Waals surface area contributed by atoms with Gasteiger partial charge in [-0.1, -0.05) is 36.4 Å². The van der Waals surface area contributed by atoms with Gasteiger partial charge in [0.05, 0.1) is 0 Å². The lowest BCUT2D eigenvalue weighted by Gasteiger charge is -2.33. The van der Waals surface area contributed by atoms with Crippen LogP contribution in [0.25, 0.3) is 10.9 Å². The SMILES string of the molecule is Cc1cccc(C)c1C1CCN(Cc2[nH]c3ccccc3c2C)CC1. The van der Waals surface area contributed by atoms with Gasteiger partial charge in [-0.3, -0.25) is 4.90 Å². The second-order valence-electron chi connectivity index (χ2n) is 7.63. The molecule has 1 fully saturated rings. The van der Waals surface area contributed by atoms with Crippen LogP contribution in [0.3, 0.4) is 0 Å². The first-order valence-electron chi connectivity index (χ1n) is 9.48. The quantitative estimate of drug-likeness (QED) is 0.673. The molecule has 0 bridgehead atoms. The Hall–Kier alpha value is -2.06. The third-order valence-electron chi connectivity index (χ3n) is 5.99. The molecule has 1 aliphatic heterocycles. The second-order valence-corrected chi connectivity index (χ2v) is 7.63. The fourth-order valence-corrected chi connectivity index (χ4v) is 4.57. The number of benzene rings is 2. The van der Waals surface area contributed by atoms with E-state index in [9.17, 15) is 0 Å². The molecule has 3 aromatic rings. The first-order chi connectivity index (χ1) is 12.1. The monoisotopic (exact) mass is 332 g/mol. The summed E-state index contributed by atoms with van der Waals surface area (Å²) < 4.78 is 0. The standard InChI is InChI=1S/C23H28N2/c1-16-7-6-8-17(2)23(16)19-11-13-25(14-12-19)15-22-18(3)20-9-4-5-10-21(20)24-22/h4-10,19,24H,11-15H2,1-3H3. The summed E-state index contributed by atoms with van der Waals surface area (Å²) >= 11 is 0. The van der Waals surface area contributed by atoms with Crippen LogP contribution in [-0.4, -0.2) is 23.0 Å². The number of aryl methyl sites for hydroxylation is 3. The highest BCUT2D eigenvalue weighted by atomic mass is 15.1. The number of piperidine rings is 1. The summed E-state index contributed by atoms with van der Waals surface area (Å²) in [6.07, 6.45) is 2.54. The average Bonchev–Trinajstić information content (AvgIpc) is 2.92. The fraction of sp³-hybridized carbons (Fsp3) is 0.391. The normalized spacial score (nSPS) is 16.6. The molecule has 1 saturated heterocycles. The predicted molar refractivity (Wildman–Crippen MR) is 106 cm³/mol. The van der Waals surface area contributed by atoms with Crippen LogP contribution < -0.4 is 0 Å². The van der Waals surface area contributed by atoms with Crippen LogP contribution in [0, 0.1) is 20.8 Å². The largest absolute Gasteiger partial charge is 0.357 e. The molecule has 1 aromatic heterocycles. The van der Waals surface area contributed by atoms with Gasteiger partial charge in [-0.05, 0) is 80.9 Å². The fourth-order valence-electron chi connectivity index (χ4n) is 4.57. The van der Waals surface area contributed by atoms with Crippen molar-refractivity contribution in [3.8, 4) is 0 Å². The molecule has 2 nitrogen and oxygen atoms in total. The molecule has 0 amide bonds. The molecule has 2 aromatic carbocycles. The van der Waals surface area contributed by atoms with Crippen molar-refractivity contribution >= 4 is 10.9 Å². The van der Waals surface area contributed by atoms with Crippen molar-refractivity contribution in [1.29, 1.82) is 0 Å². The van der Waals surface area contributed by atoms with Gasteiger partial charge in [0.15, 0.2) is 0 Å². The zero-order valence-corrected chi connectivity index (χ0v) is 15.6. The molecule has 0 aliphatic carbocycles. The molecule has 4 rings (SSSR count). The van der Waals surface area contributed by atoms with E-state index < -0.39 is 0 Å². The smallest absolute Gasteiger partial charge is 0.0459 e. The van der Waals surface area contributed by atoms with Gasteiger partial charge in [0, 0.05) is 23.1 Å². The molecule has 1 N–H and O–H groups in total. The Labute approximate surface area is 150 Å². The number of H-pyrrole nitrogens is 1. The van der Waals surface area contributed by atoms with Crippen molar-refractivity contribution in [1.82, 2.24) is 9.88 Å². The van der Waals surface area contributed by atoms with Crippen molar-refractivity contribution in [2.24, 2.45) is 0 Å². The van der Waals surface area contributed by atoms with Crippen molar-refractivity contribution in [3.63, 3.8) is 0 Å². The van der Waals surface area contributed by atoms with Crippen LogP contribution in [0.1, 0.15) is 46.7 Å². The summed E-state index contributed by atoms with van der Waals surface area (Å²) in [5, 5.41) is 1.36. The maximum Gasteiger partial charge on any atom is 0.0459 e. The molecule has 1 aliphatic rings. The lowest BCUT2D eigenvalue weighted by molar-refractivity contribution is 0.202. The summed E-state index contributed by atoms with van der Waals surface area (Å²) in [5.41, 5.74) is 8.58. The molecule has 0 saturated carbocycles. The summed E-state index contributed by atoms with van der Waals surface area (Å²) in [6, 6.07) is 15.4. The van der Waals surface area contributed by atoms with Gasteiger partial charge in [0.2, 0.25) is 0 Å². The van der Waals surface area contributed by atoms with Gasteiger partial charge >= 0.3 is 0 Å². The van der Waals surface area contributed by atoms with Gasteiger partial charge in [0.1, 0.15) is 0 Å². The van der Waals surface area contributed by atoms with E-state index in [1.807, 2.05) is 0 Å². The molecule has 0 unspecified atom stereocenters. The van der Waals surface area contributed by atoms with Crippen molar-refractivity contribution in [3.05, 3.63) is 70.4 Å². The Morgan fingerprint density at radius 1 is 0.920 bits per heavy atom. The minimum atomic E-state index is 0.723. The van der Waals surface area contributed by atoms with Crippen LogP contribution in [0.2, 0.25) is 0 Å². The van der Waals surface area contributed by atoms with Crippen molar-refractivity contribution in [2.45, 2.75) is 46.1 Å². The Kier molecular flexibility index (Phi) is 4.39. The van der Waals surface area contributed by atoms with Gasteiger partial charge in [-0.15, -0.1) is 0 Å². The summed E-state index contributed by atoms with van der Waals surface area (Å²) in [5.74, 6) is 0.723. The third kappa shape index (κ3) is 3.11. The van der Waals surface area contributed by atoms with Crippen molar-refractivity contribution in [2.75, 3.05) is 13.1 Å². The lowest BCUT2D eigenvalue weighted by Crippen LogP contribution is -2.33. The van der Waals surface area contributed by atoms with E-state index in [0.717, 1.165) is 12.5 Å². The van der Waals surface area contributed by atoms with E-state index in [2.05, 4.69) is 73.1 Å². The maximum atomic E-state index is 3.63. The molecule has 130 valence electrons. The highest BCUT2D eigenvalue weighted by molar-refractivity contribution is 5.84. The number of nitrogens with zero attached hydrogens (tertiary/aromatic N) is 1. The number of likely N-dealkylation sites (tertiary alicyclic amines) is 1. The molecule has 2 heterocycles. The number of aromatic nitrogens is 1. The zero-order valence-electron chi connectivity index (χ0n) is 15.6. The highest BCUT2D eigenvalue weighted by Crippen LogP contribution is 2.33. The molecule has 0 atom stereocenters. The summed E-state index contributed by atoms with van der Waals surface area (Å²) in [4.78, 5) is 6.24. The van der Waals surface area contributed by atoms with Crippen LogP contribution in [0.4, 0.5) is 0 Å². The Morgan fingerprint density at radius 2 is 1.60 bits per heavy atom. The number of para-hydroxylation sites is 1. The maximum absolute atomic E-state index is 3.63. The Balaban J connectivity index is 1.46. The van der Waals surface area contributed by atoms with E-state index in [1.54, 1.807) is 5.56 Å². The number of hydrogen-bond donors (Lipinski definition) is 1. The number of aromatic amines is 1. The van der Waals surface area contributed by atoms with E-state index in [4.69, 9.17) is 0 Å². The van der Waals surface area contributed by atoms with E-state index >= 15 is 0 Å². The van der Waals surface area contributed by atoms with Gasteiger partial charge in [-0.25, -0.2) is 0 Å². The predicted octanol–water partition coefficient (Wildman–Crippen LogP) is 5.47.